The van der Waals surface area contributed by atoms with E-state index in [1.807, 2.05) is 24.3 Å². The van der Waals surface area contributed by atoms with Gasteiger partial charge in [0.25, 0.3) is 0 Å². The van der Waals surface area contributed by atoms with E-state index in [4.69, 9.17) is 5.73 Å². The third-order valence-electron chi connectivity index (χ3n) is 2.62. The maximum Gasteiger partial charge on any atom is 0.127 e. The molecule has 1 aromatic heterocycles. The third kappa shape index (κ3) is 3.37. The van der Waals surface area contributed by atoms with Crippen LogP contribution in [0, 0.1) is 0 Å². The van der Waals surface area contributed by atoms with Crippen molar-refractivity contribution in [3.63, 3.8) is 0 Å². The molecule has 0 bridgehead atoms. The van der Waals surface area contributed by atoms with Crippen molar-refractivity contribution in [3.8, 4) is 0 Å². The zero-order valence-corrected chi connectivity index (χ0v) is 11.9. The summed E-state index contributed by atoms with van der Waals surface area (Å²) in [6.45, 7) is 0.736. The van der Waals surface area contributed by atoms with Crippen LogP contribution in [0.4, 0.5) is 0 Å². The molecule has 2 aromatic rings. The Balaban J connectivity index is 1.97. The predicted molar refractivity (Wildman–Crippen MR) is 81.8 cm³/mol. The van der Waals surface area contributed by atoms with Crippen molar-refractivity contribution in [3.05, 3.63) is 52.9 Å². The number of benzene rings is 1. The number of thiophene rings is 1. The van der Waals surface area contributed by atoms with Gasteiger partial charge in [0.2, 0.25) is 0 Å². The molecule has 0 spiro atoms. The molecule has 0 aliphatic heterocycles. The zero-order chi connectivity index (χ0) is 12.8. The average Bonchev–Trinajstić information content (AvgIpc) is 2.88. The van der Waals surface area contributed by atoms with Gasteiger partial charge in [-0.2, -0.15) is 0 Å². The minimum atomic E-state index is 0.650. The largest absolute Gasteiger partial charge is 0.383 e. The summed E-state index contributed by atoms with van der Waals surface area (Å²) in [7, 11) is 0. The molecular formula is C14H16N2S2. The molecule has 0 amide bonds. The van der Waals surface area contributed by atoms with Gasteiger partial charge in [-0.15, -0.1) is 23.1 Å². The molecule has 1 heterocycles. The van der Waals surface area contributed by atoms with Crippen molar-refractivity contribution in [2.75, 3.05) is 12.8 Å². The van der Waals surface area contributed by atoms with E-state index in [1.54, 1.807) is 23.1 Å². The molecule has 0 aliphatic rings. The molecule has 0 fully saturated rings. The Morgan fingerprint density at radius 1 is 1.28 bits per heavy atom. The number of rotatable bonds is 5. The topological polar surface area (TPSA) is 38.4 Å². The van der Waals surface area contributed by atoms with E-state index in [2.05, 4.69) is 28.8 Å². The van der Waals surface area contributed by atoms with E-state index in [-0.39, 0.29) is 0 Å². The molecule has 0 saturated carbocycles. The molecule has 2 nitrogen and oxygen atoms in total. The molecule has 4 heteroatoms. The van der Waals surface area contributed by atoms with E-state index < -0.39 is 0 Å². The van der Waals surface area contributed by atoms with Crippen molar-refractivity contribution in [2.45, 2.75) is 10.6 Å². The van der Waals surface area contributed by atoms with Crippen LogP contribution in [-0.4, -0.2) is 18.6 Å². The molecule has 2 N–H and O–H groups in total. The molecule has 0 saturated heterocycles. The molecule has 0 atom stereocenters. The molecular weight excluding hydrogens is 260 g/mol. The van der Waals surface area contributed by atoms with Gasteiger partial charge >= 0.3 is 0 Å². The highest BCUT2D eigenvalue weighted by atomic mass is 32.2. The van der Waals surface area contributed by atoms with Crippen molar-refractivity contribution in [1.82, 2.24) is 0 Å². The summed E-state index contributed by atoms with van der Waals surface area (Å²) in [5, 5.41) is 2.06. The summed E-state index contributed by atoms with van der Waals surface area (Å²) >= 11 is 3.43. The van der Waals surface area contributed by atoms with Crippen LogP contribution in [0.1, 0.15) is 11.1 Å². The smallest absolute Gasteiger partial charge is 0.127 e. The number of thioether (sulfide) groups is 1. The average molecular weight is 276 g/mol. The summed E-state index contributed by atoms with van der Waals surface area (Å²) in [4.78, 5) is 4.46. The number of hydrogen-bond acceptors (Lipinski definition) is 3. The predicted octanol–water partition coefficient (Wildman–Crippen LogP) is 3.42. The fourth-order valence-electron chi connectivity index (χ4n) is 1.68. The van der Waals surface area contributed by atoms with Gasteiger partial charge in [0.1, 0.15) is 5.84 Å². The molecule has 0 radical (unpaired) electrons. The Morgan fingerprint density at radius 3 is 2.78 bits per heavy atom. The first-order valence-corrected chi connectivity index (χ1v) is 7.87. The maximum atomic E-state index is 6.02. The molecule has 18 heavy (non-hydrogen) atoms. The summed E-state index contributed by atoms with van der Waals surface area (Å²) in [5.74, 6) is 0.650. The second-order valence-electron chi connectivity index (χ2n) is 3.83. The Morgan fingerprint density at radius 2 is 2.06 bits per heavy atom. The Bertz CT molecular complexity index is 518. The van der Waals surface area contributed by atoms with Gasteiger partial charge in [0.15, 0.2) is 0 Å². The van der Waals surface area contributed by atoms with Crippen LogP contribution in [0.25, 0.3) is 0 Å². The maximum absolute atomic E-state index is 6.02. The fourth-order valence-corrected chi connectivity index (χ4v) is 3.25. The second kappa shape index (κ2) is 6.61. The van der Waals surface area contributed by atoms with Crippen LogP contribution in [0.15, 0.2) is 51.0 Å². The number of nitrogens with two attached hydrogens (primary N) is 1. The lowest BCUT2D eigenvalue weighted by atomic mass is 10.1. The van der Waals surface area contributed by atoms with Gasteiger partial charge in [0.05, 0.1) is 4.21 Å². The minimum absolute atomic E-state index is 0.650. The number of aliphatic imine (C=N–C) groups is 1. The molecule has 0 aliphatic carbocycles. The van der Waals surface area contributed by atoms with Crippen LogP contribution < -0.4 is 5.73 Å². The van der Waals surface area contributed by atoms with Crippen LogP contribution in [-0.2, 0) is 6.42 Å². The van der Waals surface area contributed by atoms with Crippen molar-refractivity contribution >= 4 is 28.9 Å². The quantitative estimate of drug-likeness (QED) is 0.516. The minimum Gasteiger partial charge on any atom is -0.383 e. The van der Waals surface area contributed by atoms with E-state index in [9.17, 15) is 0 Å². The lowest BCUT2D eigenvalue weighted by Gasteiger charge is -2.02. The SMILES string of the molecule is CSc1sccc1C(N)=NCCc1ccccc1. The lowest BCUT2D eigenvalue weighted by molar-refractivity contribution is 0.965. The number of amidine groups is 1. The Kier molecular flexibility index (Phi) is 4.84. The summed E-state index contributed by atoms with van der Waals surface area (Å²) < 4.78 is 1.23. The highest BCUT2D eigenvalue weighted by Crippen LogP contribution is 2.26. The Labute approximate surface area is 116 Å². The van der Waals surface area contributed by atoms with Gasteiger partial charge in [-0.05, 0) is 29.7 Å². The number of hydrogen-bond donors (Lipinski definition) is 1. The standard InChI is InChI=1S/C14H16N2S2/c1-17-14-12(8-10-18-14)13(15)16-9-7-11-5-3-2-4-6-11/h2-6,8,10H,7,9H2,1H3,(H2,15,16). The first-order chi connectivity index (χ1) is 8.81. The Hall–Kier alpha value is -1.26. The van der Waals surface area contributed by atoms with E-state index in [1.165, 1.54) is 9.77 Å². The second-order valence-corrected chi connectivity index (χ2v) is 5.82. The summed E-state index contributed by atoms with van der Waals surface area (Å²) in [6, 6.07) is 12.4. The van der Waals surface area contributed by atoms with E-state index in [0.717, 1.165) is 18.5 Å². The van der Waals surface area contributed by atoms with Crippen molar-refractivity contribution in [1.29, 1.82) is 0 Å². The first kappa shape index (κ1) is 13.2. The molecule has 0 unspecified atom stereocenters. The first-order valence-electron chi connectivity index (χ1n) is 5.77. The summed E-state index contributed by atoms with van der Waals surface area (Å²) in [5.41, 5.74) is 8.39. The molecule has 2 rings (SSSR count). The zero-order valence-electron chi connectivity index (χ0n) is 10.3. The lowest BCUT2D eigenvalue weighted by Crippen LogP contribution is -2.14. The highest BCUT2D eigenvalue weighted by Gasteiger charge is 2.06. The van der Waals surface area contributed by atoms with Gasteiger partial charge < -0.3 is 5.73 Å². The third-order valence-corrected chi connectivity index (χ3v) is 4.70. The highest BCUT2D eigenvalue weighted by molar-refractivity contribution is 8.00. The van der Waals surface area contributed by atoms with Crippen LogP contribution in [0.3, 0.4) is 0 Å². The van der Waals surface area contributed by atoms with Crippen LogP contribution >= 0.6 is 23.1 Å². The normalized spacial score (nSPS) is 11.7. The van der Waals surface area contributed by atoms with Crippen molar-refractivity contribution < 1.29 is 0 Å². The van der Waals surface area contributed by atoms with E-state index in [0.29, 0.717) is 5.84 Å². The van der Waals surface area contributed by atoms with Gasteiger partial charge in [-0.1, -0.05) is 30.3 Å². The molecule has 94 valence electrons. The van der Waals surface area contributed by atoms with Gasteiger partial charge in [-0.3, -0.25) is 4.99 Å². The van der Waals surface area contributed by atoms with Crippen molar-refractivity contribution in [2.24, 2.45) is 10.7 Å². The monoisotopic (exact) mass is 276 g/mol. The fraction of sp³-hybridized carbons (Fsp3) is 0.214. The van der Waals surface area contributed by atoms with Gasteiger partial charge in [0, 0.05) is 12.1 Å². The van der Waals surface area contributed by atoms with E-state index >= 15 is 0 Å². The van der Waals surface area contributed by atoms with Crippen LogP contribution in [0.5, 0.6) is 0 Å². The number of nitrogens with zero attached hydrogens (tertiary/aromatic N) is 1. The van der Waals surface area contributed by atoms with Crippen LogP contribution in [0.2, 0.25) is 0 Å². The molecule has 1 aromatic carbocycles. The summed E-state index contributed by atoms with van der Waals surface area (Å²) in [6.07, 6.45) is 2.99. The van der Waals surface area contributed by atoms with Gasteiger partial charge in [-0.25, -0.2) is 0 Å².